The first-order valence-electron chi connectivity index (χ1n) is 16.5. The first kappa shape index (κ1) is 39.7. The van der Waals surface area contributed by atoms with E-state index in [1.54, 1.807) is 61.2 Å². The monoisotopic (exact) mass is 750 g/mol. The predicted octanol–water partition coefficient (Wildman–Crippen LogP) is 4.25. The number of nitro benzene ring substituents is 1. The summed E-state index contributed by atoms with van der Waals surface area (Å²) in [4.78, 5) is 65.7. The first-order chi connectivity index (χ1) is 25.0. The Bertz CT molecular complexity index is 2160. The molecule has 2 aromatic heterocycles. The summed E-state index contributed by atoms with van der Waals surface area (Å²) < 4.78 is 20.6. The molecule has 53 heavy (non-hydrogen) atoms. The minimum Gasteiger partial charge on any atom is -0.494 e. The Labute approximate surface area is 308 Å². The lowest BCUT2D eigenvalue weighted by atomic mass is 10.1. The molecule has 17 nitrogen and oxygen atoms in total. The van der Waals surface area contributed by atoms with Gasteiger partial charge in [-0.1, -0.05) is 23.5 Å². The average Bonchev–Trinajstić information content (AvgIpc) is 3.64. The number of esters is 1. The van der Waals surface area contributed by atoms with Gasteiger partial charge in [-0.15, -0.1) is 0 Å². The highest BCUT2D eigenvalue weighted by molar-refractivity contribution is 7.16. The molecule has 5 N–H and O–H groups in total. The van der Waals surface area contributed by atoms with E-state index in [-0.39, 0.29) is 55.1 Å². The van der Waals surface area contributed by atoms with Gasteiger partial charge in [0.2, 0.25) is 11.8 Å². The number of allylic oxidation sites excluding steroid dienone is 1. The number of nitrogens with zero attached hydrogens (tertiary/aromatic N) is 5. The van der Waals surface area contributed by atoms with Crippen molar-refractivity contribution in [1.82, 2.24) is 14.3 Å². The minimum absolute atomic E-state index is 0.0000562. The molecule has 0 bridgehead atoms. The number of fused-ring (bicyclic) bond motifs is 1. The Morgan fingerprint density at radius 1 is 1.06 bits per heavy atom. The van der Waals surface area contributed by atoms with E-state index in [0.717, 1.165) is 17.4 Å². The molecule has 2 heterocycles. The van der Waals surface area contributed by atoms with E-state index in [1.165, 1.54) is 19.2 Å². The number of ether oxygens (including phenoxy) is 3. The number of anilines is 1. The molecule has 18 heteroatoms. The number of aromatic nitrogens is 3. The maximum atomic E-state index is 13.4. The van der Waals surface area contributed by atoms with Gasteiger partial charge in [-0.05, 0) is 65.3 Å². The van der Waals surface area contributed by atoms with Gasteiger partial charge in [0, 0.05) is 43.2 Å². The molecule has 0 aliphatic heterocycles. The lowest BCUT2D eigenvalue weighted by molar-refractivity contribution is -0.384. The summed E-state index contributed by atoms with van der Waals surface area (Å²) in [6.07, 6.45) is 3.73. The van der Waals surface area contributed by atoms with Crippen LogP contribution in [0.1, 0.15) is 77.4 Å². The molecular formula is C35H42N8O9S. The zero-order valence-electron chi connectivity index (χ0n) is 30.3. The normalized spacial score (nSPS) is 11.9. The van der Waals surface area contributed by atoms with Crippen molar-refractivity contribution in [3.8, 4) is 11.5 Å². The second-order valence-corrected chi connectivity index (χ2v) is 13.7. The van der Waals surface area contributed by atoms with Crippen LogP contribution in [0, 0.1) is 17.0 Å². The molecule has 0 aliphatic carbocycles. The van der Waals surface area contributed by atoms with Crippen LogP contribution >= 0.6 is 11.3 Å². The lowest BCUT2D eigenvalue weighted by Gasteiger charge is -2.19. The smallest absolute Gasteiger partial charge is 0.306 e. The first-order valence-corrected chi connectivity index (χ1v) is 17.3. The number of thiazole rings is 1. The van der Waals surface area contributed by atoms with Crippen LogP contribution in [0.4, 0.5) is 11.4 Å². The summed E-state index contributed by atoms with van der Waals surface area (Å²) in [5, 5.41) is 19.4. The van der Waals surface area contributed by atoms with Gasteiger partial charge in [0.25, 0.3) is 11.6 Å². The molecule has 0 radical (unpaired) electrons. The molecule has 0 saturated carbocycles. The lowest BCUT2D eigenvalue weighted by Crippen LogP contribution is -2.24. The molecule has 0 unspecified atom stereocenters. The number of rotatable bonds is 16. The van der Waals surface area contributed by atoms with E-state index in [0.29, 0.717) is 38.7 Å². The highest BCUT2D eigenvalue weighted by atomic mass is 32.1. The third-order valence-electron chi connectivity index (χ3n) is 7.48. The Kier molecular flexibility index (Phi) is 12.7. The Balaban J connectivity index is 1.63. The van der Waals surface area contributed by atoms with Crippen molar-refractivity contribution in [2.75, 3.05) is 25.6 Å². The number of aryl methyl sites for hydroxylation is 2. The maximum Gasteiger partial charge on any atom is 0.306 e. The number of methoxy groups -OCH3 is 1. The van der Waals surface area contributed by atoms with Crippen molar-refractivity contribution in [2.45, 2.75) is 66.2 Å². The molecule has 282 valence electrons. The summed E-state index contributed by atoms with van der Waals surface area (Å²) >= 11 is 1.16. The predicted molar refractivity (Wildman–Crippen MR) is 197 cm³/mol. The molecule has 2 aromatic carbocycles. The van der Waals surface area contributed by atoms with E-state index >= 15 is 0 Å². The fraction of sp³-hybridized carbons (Fsp3) is 0.371. The number of carbonyl (C=O) groups is 4. The minimum atomic E-state index is -0.884. The highest BCUT2D eigenvalue weighted by Gasteiger charge is 2.23. The average molecular weight is 751 g/mol. The van der Waals surface area contributed by atoms with E-state index in [1.807, 2.05) is 6.92 Å². The van der Waals surface area contributed by atoms with Crippen molar-refractivity contribution in [3.63, 3.8) is 0 Å². The second-order valence-electron chi connectivity index (χ2n) is 12.7. The van der Waals surface area contributed by atoms with Gasteiger partial charge in [0.15, 0.2) is 10.5 Å². The van der Waals surface area contributed by atoms with Crippen LogP contribution in [-0.2, 0) is 22.6 Å². The molecule has 0 atom stereocenters. The van der Waals surface area contributed by atoms with Crippen LogP contribution in [0.5, 0.6) is 11.5 Å². The van der Waals surface area contributed by atoms with Gasteiger partial charge in [-0.3, -0.25) is 34.0 Å². The molecular weight excluding hydrogens is 708 g/mol. The molecule has 0 spiro atoms. The van der Waals surface area contributed by atoms with Gasteiger partial charge in [0.05, 0.1) is 29.0 Å². The molecule has 0 saturated heterocycles. The topological polar surface area (TPSA) is 238 Å². The summed E-state index contributed by atoms with van der Waals surface area (Å²) in [5.41, 5.74) is 11.5. The molecule has 4 rings (SSSR count). The zero-order valence-corrected chi connectivity index (χ0v) is 31.1. The van der Waals surface area contributed by atoms with Crippen molar-refractivity contribution in [1.29, 1.82) is 0 Å². The highest BCUT2D eigenvalue weighted by Crippen LogP contribution is 2.36. The largest absolute Gasteiger partial charge is 0.494 e. The second kappa shape index (κ2) is 17.0. The third-order valence-corrected chi connectivity index (χ3v) is 8.51. The van der Waals surface area contributed by atoms with Crippen LogP contribution < -0.4 is 31.1 Å². The van der Waals surface area contributed by atoms with E-state index in [2.05, 4.69) is 15.4 Å². The summed E-state index contributed by atoms with van der Waals surface area (Å²) in [6.45, 7) is 9.59. The van der Waals surface area contributed by atoms with Gasteiger partial charge in [-0.25, -0.2) is 0 Å². The van der Waals surface area contributed by atoms with E-state index < -0.39 is 39.9 Å². The molecule has 3 amide bonds. The number of hydrogen-bond acceptors (Lipinski definition) is 12. The maximum absolute atomic E-state index is 13.4. The quantitative estimate of drug-likeness (QED) is 0.0481. The van der Waals surface area contributed by atoms with Crippen molar-refractivity contribution < 1.29 is 38.3 Å². The Hall–Kier alpha value is -6.04. The van der Waals surface area contributed by atoms with Gasteiger partial charge in [0.1, 0.15) is 28.3 Å². The number of nitrogens with one attached hydrogen (secondary N) is 1. The van der Waals surface area contributed by atoms with Crippen LogP contribution in [0.15, 0.2) is 47.5 Å². The number of amides is 3. The Morgan fingerprint density at radius 3 is 2.36 bits per heavy atom. The number of hydrogen-bond donors (Lipinski definition) is 3. The number of benzene rings is 2. The molecule has 0 fully saturated rings. The van der Waals surface area contributed by atoms with Crippen molar-refractivity contribution in [3.05, 3.63) is 79.9 Å². The molecule has 4 aromatic rings. The number of nitro groups is 1. The SMILES string of the molecule is CCn1nc(C)cc1C(=O)N=c1sc2cc(C(N)=O)cc(OC)c2n1C/C=C/CNc1c(OCCCC(=O)OC(C)(C)C)cc(C(N)=O)cc1[N+](=O)[O-]. The van der Waals surface area contributed by atoms with Crippen molar-refractivity contribution in [2.24, 2.45) is 16.5 Å². The standard InChI is InChI=1S/C35H42N8O9S/c1-7-42-24(15-20(2)40-42)33(47)39-34-41(30-26(50-6)18-22(32(37)46)19-27(30)53-34)13-9-8-12-38-29-23(43(48)49)16-21(31(36)45)17-25(29)51-14-10-11-28(44)52-35(3,4)5/h8-9,15-19,38H,7,10-14H2,1-6H3,(H2,36,45)(H2,37,46)/b9-8+,39-34?. The van der Waals surface area contributed by atoms with Gasteiger partial charge >= 0.3 is 5.97 Å². The summed E-state index contributed by atoms with van der Waals surface area (Å²) in [6, 6.07) is 7.10. The van der Waals surface area contributed by atoms with Gasteiger partial charge in [-0.2, -0.15) is 10.1 Å². The molecule has 0 aliphatic rings. The number of carbonyl (C=O) groups excluding carboxylic acids is 4. The summed E-state index contributed by atoms with van der Waals surface area (Å²) in [5.74, 6) is -2.15. The van der Waals surface area contributed by atoms with Crippen LogP contribution in [0.25, 0.3) is 10.2 Å². The Morgan fingerprint density at radius 2 is 1.74 bits per heavy atom. The number of primary amides is 2. The fourth-order valence-electron chi connectivity index (χ4n) is 5.22. The van der Waals surface area contributed by atoms with E-state index in [9.17, 15) is 29.3 Å². The zero-order chi connectivity index (χ0) is 39.0. The third kappa shape index (κ3) is 10.1. The number of nitrogens with two attached hydrogens (primary N) is 2. The van der Waals surface area contributed by atoms with Crippen LogP contribution in [0.2, 0.25) is 0 Å². The summed E-state index contributed by atoms with van der Waals surface area (Å²) in [7, 11) is 1.44. The van der Waals surface area contributed by atoms with Crippen LogP contribution in [-0.4, -0.2) is 68.8 Å². The van der Waals surface area contributed by atoms with Crippen LogP contribution in [0.3, 0.4) is 0 Å². The van der Waals surface area contributed by atoms with Gasteiger partial charge < -0.3 is 35.6 Å². The fourth-order valence-corrected chi connectivity index (χ4v) is 6.32. The van der Waals surface area contributed by atoms with E-state index in [4.69, 9.17) is 25.7 Å². The van der Waals surface area contributed by atoms with Crippen molar-refractivity contribution >= 4 is 56.6 Å².